The number of benzene rings is 1. The lowest BCUT2D eigenvalue weighted by molar-refractivity contribution is -0.146. The van der Waals surface area contributed by atoms with Crippen LogP contribution in [-0.4, -0.2) is 11.3 Å². The Morgan fingerprint density at radius 2 is 1.88 bits per heavy atom. The number of hydrogen-bond acceptors (Lipinski definition) is 1. The third kappa shape index (κ3) is 4.02. The molecular weight excluding hydrogens is 241 g/mol. The second kappa shape index (κ2) is 4.63. The molecule has 90 valence electrons. The zero-order valence-electron chi connectivity index (χ0n) is 8.68. The zero-order chi connectivity index (χ0) is 12.4. The Kier molecular flexibility index (Phi) is 3.86. The Labute approximate surface area is 96.9 Å². The van der Waals surface area contributed by atoms with Gasteiger partial charge in [0.1, 0.15) is 0 Å². The van der Waals surface area contributed by atoms with E-state index in [4.69, 9.17) is 11.6 Å². The number of halogens is 4. The molecule has 0 heterocycles. The molecule has 16 heavy (non-hydrogen) atoms. The molecule has 1 N–H and O–H groups in total. The molecule has 1 atom stereocenters. The van der Waals surface area contributed by atoms with Gasteiger partial charge in [0.25, 0.3) is 0 Å². The van der Waals surface area contributed by atoms with Crippen LogP contribution in [0.1, 0.15) is 25.3 Å². The second-order valence-corrected chi connectivity index (χ2v) is 4.34. The molecule has 1 nitrogen and oxygen atoms in total. The minimum atomic E-state index is -4.26. The summed E-state index contributed by atoms with van der Waals surface area (Å²) in [4.78, 5) is 0. The Bertz CT molecular complexity index is 360. The van der Waals surface area contributed by atoms with E-state index in [2.05, 4.69) is 0 Å². The van der Waals surface area contributed by atoms with Crippen LogP contribution in [-0.2, 0) is 5.60 Å². The highest BCUT2D eigenvalue weighted by atomic mass is 35.5. The fourth-order valence-electron chi connectivity index (χ4n) is 1.35. The van der Waals surface area contributed by atoms with Crippen LogP contribution in [0, 0.1) is 0 Å². The van der Waals surface area contributed by atoms with Crippen molar-refractivity contribution >= 4 is 11.6 Å². The first kappa shape index (κ1) is 13.3. The van der Waals surface area contributed by atoms with E-state index in [1.54, 1.807) is 18.2 Å². The van der Waals surface area contributed by atoms with Gasteiger partial charge in [0, 0.05) is 11.4 Å². The van der Waals surface area contributed by atoms with Gasteiger partial charge in [-0.1, -0.05) is 23.7 Å². The fraction of sp³-hybridized carbons (Fsp3) is 0.455. The average Bonchev–Trinajstić information content (AvgIpc) is 2.14. The quantitative estimate of drug-likeness (QED) is 0.865. The summed E-state index contributed by atoms with van der Waals surface area (Å²) in [5, 5.41) is 10.3. The predicted octanol–water partition coefficient (Wildman–Crippen LogP) is 3.89. The molecule has 0 aromatic heterocycles. The summed E-state index contributed by atoms with van der Waals surface area (Å²) in [5.74, 6) is 0. The summed E-state index contributed by atoms with van der Waals surface area (Å²) in [5.41, 5.74) is -1.12. The lowest BCUT2D eigenvalue weighted by Gasteiger charge is -2.24. The first-order valence-electron chi connectivity index (χ1n) is 4.76. The van der Waals surface area contributed by atoms with Crippen molar-refractivity contribution < 1.29 is 18.3 Å². The highest BCUT2D eigenvalue weighted by Gasteiger charge is 2.33. The van der Waals surface area contributed by atoms with Crippen molar-refractivity contribution in [2.24, 2.45) is 0 Å². The molecule has 5 heteroatoms. The van der Waals surface area contributed by atoms with Crippen LogP contribution in [0.3, 0.4) is 0 Å². The molecule has 0 aliphatic carbocycles. The molecule has 0 bridgehead atoms. The van der Waals surface area contributed by atoms with Crippen LogP contribution in [0.15, 0.2) is 24.3 Å². The number of rotatable bonds is 3. The maximum atomic E-state index is 12.0. The molecule has 0 aliphatic heterocycles. The van der Waals surface area contributed by atoms with E-state index in [0.717, 1.165) is 0 Å². The zero-order valence-corrected chi connectivity index (χ0v) is 9.44. The minimum Gasteiger partial charge on any atom is -0.385 e. The first-order chi connectivity index (χ1) is 7.21. The number of aliphatic hydroxyl groups is 1. The molecule has 0 fully saturated rings. The third-order valence-corrected chi connectivity index (χ3v) is 2.58. The number of hydrogen-bond donors (Lipinski definition) is 1. The molecule has 0 spiro atoms. The van der Waals surface area contributed by atoms with Gasteiger partial charge in [0.05, 0.1) is 5.60 Å². The van der Waals surface area contributed by atoms with Crippen LogP contribution in [0.4, 0.5) is 13.2 Å². The molecular formula is C11H12ClF3O. The minimum absolute atomic E-state index is 0.378. The average molecular weight is 253 g/mol. The molecule has 0 saturated heterocycles. The van der Waals surface area contributed by atoms with E-state index in [9.17, 15) is 18.3 Å². The lowest BCUT2D eigenvalue weighted by Crippen LogP contribution is -2.24. The topological polar surface area (TPSA) is 20.2 Å². The van der Waals surface area contributed by atoms with Crippen LogP contribution >= 0.6 is 11.6 Å². The van der Waals surface area contributed by atoms with Crippen molar-refractivity contribution in [3.05, 3.63) is 34.9 Å². The van der Waals surface area contributed by atoms with E-state index in [-0.39, 0.29) is 6.42 Å². The third-order valence-electron chi connectivity index (χ3n) is 2.34. The molecule has 1 unspecified atom stereocenters. The molecule has 0 aliphatic rings. The van der Waals surface area contributed by atoms with Gasteiger partial charge >= 0.3 is 6.18 Å². The molecule has 1 rings (SSSR count). The number of alkyl halides is 3. The maximum absolute atomic E-state index is 12.0. The molecule has 1 aromatic rings. The van der Waals surface area contributed by atoms with Crippen LogP contribution in [0.2, 0.25) is 5.02 Å². The highest BCUT2D eigenvalue weighted by molar-refractivity contribution is 6.30. The maximum Gasteiger partial charge on any atom is 0.389 e. The smallest absolute Gasteiger partial charge is 0.385 e. The van der Waals surface area contributed by atoms with Crippen molar-refractivity contribution in [1.82, 2.24) is 0 Å². The fourth-order valence-corrected chi connectivity index (χ4v) is 1.54. The first-order valence-corrected chi connectivity index (χ1v) is 5.14. The van der Waals surface area contributed by atoms with E-state index in [1.807, 2.05) is 0 Å². The monoisotopic (exact) mass is 252 g/mol. The van der Waals surface area contributed by atoms with Crippen molar-refractivity contribution in [3.8, 4) is 0 Å². The van der Waals surface area contributed by atoms with E-state index >= 15 is 0 Å². The van der Waals surface area contributed by atoms with Crippen LogP contribution in [0.5, 0.6) is 0 Å². The Morgan fingerprint density at radius 3 is 2.38 bits per heavy atom. The van der Waals surface area contributed by atoms with Gasteiger partial charge in [-0.2, -0.15) is 13.2 Å². The standard InChI is InChI=1S/C11H12ClF3O/c1-10(16,5-6-11(13,14)15)8-3-2-4-9(12)7-8/h2-4,7,16H,5-6H2,1H3. The Balaban J connectivity index is 2.77. The van der Waals surface area contributed by atoms with Crippen LogP contribution < -0.4 is 0 Å². The predicted molar refractivity (Wildman–Crippen MR) is 56.3 cm³/mol. The SMILES string of the molecule is CC(O)(CCC(F)(F)F)c1cccc(Cl)c1. The van der Waals surface area contributed by atoms with Crippen molar-refractivity contribution in [2.45, 2.75) is 31.5 Å². The summed E-state index contributed by atoms with van der Waals surface area (Å²) >= 11 is 5.71. The van der Waals surface area contributed by atoms with E-state index in [0.29, 0.717) is 10.6 Å². The van der Waals surface area contributed by atoms with Crippen molar-refractivity contribution in [1.29, 1.82) is 0 Å². The summed E-state index contributed by atoms with van der Waals surface area (Å²) in [6.45, 7) is 1.35. The van der Waals surface area contributed by atoms with Crippen LogP contribution in [0.25, 0.3) is 0 Å². The molecule has 0 radical (unpaired) electrons. The van der Waals surface area contributed by atoms with Gasteiger partial charge in [-0.15, -0.1) is 0 Å². The van der Waals surface area contributed by atoms with Gasteiger partial charge in [0.2, 0.25) is 0 Å². The summed E-state index contributed by atoms with van der Waals surface area (Å²) in [6, 6.07) is 6.23. The van der Waals surface area contributed by atoms with Gasteiger partial charge < -0.3 is 5.11 Å². The van der Waals surface area contributed by atoms with Gasteiger partial charge in [-0.05, 0) is 31.0 Å². The van der Waals surface area contributed by atoms with Crippen molar-refractivity contribution in [2.75, 3.05) is 0 Å². The summed E-state index contributed by atoms with van der Waals surface area (Å²) in [6.07, 6.45) is -5.66. The summed E-state index contributed by atoms with van der Waals surface area (Å²) in [7, 11) is 0. The normalized spacial score (nSPS) is 15.9. The lowest BCUT2D eigenvalue weighted by atomic mass is 9.91. The van der Waals surface area contributed by atoms with E-state index < -0.39 is 18.2 Å². The molecule has 0 amide bonds. The Morgan fingerprint density at radius 1 is 1.25 bits per heavy atom. The largest absolute Gasteiger partial charge is 0.389 e. The van der Waals surface area contributed by atoms with Gasteiger partial charge in [-0.3, -0.25) is 0 Å². The van der Waals surface area contributed by atoms with Crippen molar-refractivity contribution in [3.63, 3.8) is 0 Å². The van der Waals surface area contributed by atoms with E-state index in [1.165, 1.54) is 13.0 Å². The second-order valence-electron chi connectivity index (χ2n) is 3.90. The summed E-state index contributed by atoms with van der Waals surface area (Å²) < 4.78 is 36.1. The highest BCUT2D eigenvalue weighted by Crippen LogP contribution is 2.32. The van der Waals surface area contributed by atoms with Gasteiger partial charge in [0.15, 0.2) is 0 Å². The molecule has 1 aromatic carbocycles. The molecule has 0 saturated carbocycles. The van der Waals surface area contributed by atoms with Gasteiger partial charge in [-0.25, -0.2) is 0 Å². The Hall–Kier alpha value is -0.740.